The summed E-state index contributed by atoms with van der Waals surface area (Å²) < 4.78 is 5.70. The molecule has 0 spiro atoms. The molecular weight excluding hydrogens is 336 g/mol. The summed E-state index contributed by atoms with van der Waals surface area (Å²) in [5.74, 6) is 0.857. The van der Waals surface area contributed by atoms with Gasteiger partial charge < -0.3 is 10.1 Å². The molecule has 0 atom stereocenters. The average Bonchev–Trinajstić information content (AvgIpc) is 2.65. The Bertz CT molecular complexity index is 932. The standard InChI is InChI=1S/C20H13ClN2O2/c21-18-12-14(13-22)6-11-19(18)25-17-9-7-16(8-10-17)23-20(24)15-4-2-1-3-5-15/h1-12H,(H,23,24). The number of nitriles is 1. The molecule has 25 heavy (non-hydrogen) atoms. The molecule has 0 aliphatic heterocycles. The second-order valence-corrected chi connectivity index (χ2v) is 5.61. The van der Waals surface area contributed by atoms with Crippen molar-refractivity contribution in [2.45, 2.75) is 0 Å². The van der Waals surface area contributed by atoms with Crippen LogP contribution in [0.3, 0.4) is 0 Å². The third-order valence-electron chi connectivity index (χ3n) is 3.44. The van der Waals surface area contributed by atoms with Gasteiger partial charge in [-0.05, 0) is 54.6 Å². The number of nitrogens with one attached hydrogen (secondary N) is 1. The lowest BCUT2D eigenvalue weighted by molar-refractivity contribution is 0.102. The largest absolute Gasteiger partial charge is 0.456 e. The van der Waals surface area contributed by atoms with Crippen molar-refractivity contribution in [2.24, 2.45) is 0 Å². The number of hydrogen-bond acceptors (Lipinski definition) is 3. The van der Waals surface area contributed by atoms with Crippen LogP contribution in [0, 0.1) is 11.3 Å². The Balaban J connectivity index is 1.68. The maximum Gasteiger partial charge on any atom is 0.255 e. The second-order valence-electron chi connectivity index (χ2n) is 5.20. The van der Waals surface area contributed by atoms with Crippen molar-refractivity contribution in [3.8, 4) is 17.6 Å². The first-order valence-corrected chi connectivity index (χ1v) is 7.87. The summed E-state index contributed by atoms with van der Waals surface area (Å²) in [4.78, 5) is 12.1. The number of carbonyl (C=O) groups excluding carboxylic acids is 1. The minimum absolute atomic E-state index is 0.176. The van der Waals surface area contributed by atoms with Crippen molar-refractivity contribution in [3.63, 3.8) is 0 Å². The van der Waals surface area contributed by atoms with Crippen LogP contribution in [0.4, 0.5) is 5.69 Å². The molecule has 5 heteroatoms. The smallest absolute Gasteiger partial charge is 0.255 e. The van der Waals surface area contributed by atoms with Crippen molar-refractivity contribution in [1.82, 2.24) is 0 Å². The molecule has 3 rings (SSSR count). The van der Waals surface area contributed by atoms with E-state index in [1.165, 1.54) is 0 Å². The van der Waals surface area contributed by atoms with E-state index in [1.807, 2.05) is 24.3 Å². The lowest BCUT2D eigenvalue weighted by atomic mass is 10.2. The first kappa shape index (κ1) is 16.6. The highest BCUT2D eigenvalue weighted by atomic mass is 35.5. The number of benzene rings is 3. The van der Waals surface area contributed by atoms with Gasteiger partial charge in [-0.2, -0.15) is 5.26 Å². The highest BCUT2D eigenvalue weighted by molar-refractivity contribution is 6.32. The van der Waals surface area contributed by atoms with Crippen LogP contribution in [0.15, 0.2) is 72.8 Å². The second kappa shape index (κ2) is 7.52. The Labute approximate surface area is 150 Å². The Morgan fingerprint density at radius 3 is 2.36 bits per heavy atom. The van der Waals surface area contributed by atoms with Gasteiger partial charge in [0.2, 0.25) is 0 Å². The first-order valence-electron chi connectivity index (χ1n) is 7.50. The summed E-state index contributed by atoms with van der Waals surface area (Å²) in [6.45, 7) is 0. The number of nitrogens with zero attached hydrogens (tertiary/aromatic N) is 1. The molecule has 0 heterocycles. The monoisotopic (exact) mass is 348 g/mol. The fourth-order valence-electron chi connectivity index (χ4n) is 2.18. The summed E-state index contributed by atoms with van der Waals surface area (Å²) >= 11 is 6.09. The van der Waals surface area contributed by atoms with E-state index in [1.54, 1.807) is 54.6 Å². The Morgan fingerprint density at radius 1 is 1.00 bits per heavy atom. The zero-order valence-electron chi connectivity index (χ0n) is 13.1. The van der Waals surface area contributed by atoms with E-state index in [9.17, 15) is 4.79 Å². The molecule has 0 aliphatic carbocycles. The van der Waals surface area contributed by atoms with Crippen LogP contribution < -0.4 is 10.1 Å². The van der Waals surface area contributed by atoms with Gasteiger partial charge in [-0.3, -0.25) is 4.79 Å². The quantitative estimate of drug-likeness (QED) is 0.699. The van der Waals surface area contributed by atoms with E-state index < -0.39 is 0 Å². The zero-order chi connectivity index (χ0) is 17.6. The van der Waals surface area contributed by atoms with E-state index in [0.29, 0.717) is 33.3 Å². The minimum Gasteiger partial charge on any atom is -0.456 e. The van der Waals surface area contributed by atoms with Gasteiger partial charge in [0.1, 0.15) is 11.5 Å². The maximum absolute atomic E-state index is 12.1. The molecule has 3 aromatic carbocycles. The van der Waals surface area contributed by atoms with E-state index in [0.717, 1.165) is 0 Å². The average molecular weight is 349 g/mol. The Hall–Kier alpha value is -3.29. The molecule has 1 amide bonds. The molecule has 1 N–H and O–H groups in total. The number of amides is 1. The molecule has 0 aliphatic rings. The highest BCUT2D eigenvalue weighted by Crippen LogP contribution is 2.30. The van der Waals surface area contributed by atoms with Crippen molar-refractivity contribution < 1.29 is 9.53 Å². The van der Waals surface area contributed by atoms with E-state index >= 15 is 0 Å². The van der Waals surface area contributed by atoms with Crippen molar-refractivity contribution in [1.29, 1.82) is 5.26 Å². The number of ether oxygens (including phenoxy) is 1. The predicted octanol–water partition coefficient (Wildman–Crippen LogP) is 5.26. The van der Waals surface area contributed by atoms with Crippen LogP contribution in [0.5, 0.6) is 11.5 Å². The van der Waals surface area contributed by atoms with Crippen LogP contribution in [-0.4, -0.2) is 5.91 Å². The van der Waals surface area contributed by atoms with Crippen molar-refractivity contribution in [2.75, 3.05) is 5.32 Å². The van der Waals surface area contributed by atoms with Crippen molar-refractivity contribution >= 4 is 23.2 Å². The summed E-state index contributed by atoms with van der Waals surface area (Å²) in [5.41, 5.74) is 1.72. The van der Waals surface area contributed by atoms with Crippen LogP contribution in [-0.2, 0) is 0 Å². The molecule has 0 unspecified atom stereocenters. The fourth-order valence-corrected chi connectivity index (χ4v) is 2.40. The molecule has 0 aromatic heterocycles. The number of hydrogen-bond donors (Lipinski definition) is 1. The number of rotatable bonds is 4. The number of anilines is 1. The van der Waals surface area contributed by atoms with Gasteiger partial charge in [0.05, 0.1) is 16.7 Å². The van der Waals surface area contributed by atoms with Gasteiger partial charge in [-0.1, -0.05) is 29.8 Å². The molecule has 0 fully saturated rings. The van der Waals surface area contributed by atoms with E-state index in [-0.39, 0.29) is 5.91 Å². The molecule has 122 valence electrons. The third-order valence-corrected chi connectivity index (χ3v) is 3.73. The molecular formula is C20H13ClN2O2. The molecule has 0 radical (unpaired) electrons. The molecule has 0 saturated heterocycles. The fraction of sp³-hybridized carbons (Fsp3) is 0. The predicted molar refractivity (Wildman–Crippen MR) is 97.1 cm³/mol. The van der Waals surface area contributed by atoms with Gasteiger partial charge in [-0.25, -0.2) is 0 Å². The van der Waals surface area contributed by atoms with Crippen molar-refractivity contribution in [3.05, 3.63) is 88.9 Å². The van der Waals surface area contributed by atoms with Crippen LogP contribution in [0.1, 0.15) is 15.9 Å². The Kier molecular flexibility index (Phi) is 4.98. The third kappa shape index (κ3) is 4.17. The van der Waals surface area contributed by atoms with Crippen LogP contribution >= 0.6 is 11.6 Å². The summed E-state index contributed by atoms with van der Waals surface area (Å²) in [5, 5.41) is 12.0. The molecule has 0 saturated carbocycles. The number of carbonyl (C=O) groups is 1. The molecule has 0 bridgehead atoms. The maximum atomic E-state index is 12.1. The minimum atomic E-state index is -0.176. The lowest BCUT2D eigenvalue weighted by Crippen LogP contribution is -2.11. The van der Waals surface area contributed by atoms with E-state index in [2.05, 4.69) is 5.32 Å². The van der Waals surface area contributed by atoms with Gasteiger partial charge in [0.15, 0.2) is 0 Å². The van der Waals surface area contributed by atoms with Crippen LogP contribution in [0.25, 0.3) is 0 Å². The first-order chi connectivity index (χ1) is 12.2. The topological polar surface area (TPSA) is 62.1 Å². The Morgan fingerprint density at radius 2 is 1.72 bits per heavy atom. The molecule has 3 aromatic rings. The SMILES string of the molecule is N#Cc1ccc(Oc2ccc(NC(=O)c3ccccc3)cc2)c(Cl)c1. The van der Waals surface area contributed by atoms with Gasteiger partial charge in [-0.15, -0.1) is 0 Å². The van der Waals surface area contributed by atoms with Crippen LogP contribution in [0.2, 0.25) is 5.02 Å². The molecule has 4 nitrogen and oxygen atoms in total. The van der Waals surface area contributed by atoms with Gasteiger partial charge in [0.25, 0.3) is 5.91 Å². The van der Waals surface area contributed by atoms with Gasteiger partial charge >= 0.3 is 0 Å². The summed E-state index contributed by atoms with van der Waals surface area (Å²) in [6, 6.07) is 22.8. The zero-order valence-corrected chi connectivity index (χ0v) is 13.8. The lowest BCUT2D eigenvalue weighted by Gasteiger charge is -2.09. The highest BCUT2D eigenvalue weighted by Gasteiger charge is 2.07. The summed E-state index contributed by atoms with van der Waals surface area (Å²) in [6.07, 6.45) is 0. The normalized spacial score (nSPS) is 9.92. The number of halogens is 1. The van der Waals surface area contributed by atoms with Gasteiger partial charge in [0, 0.05) is 11.3 Å². The van der Waals surface area contributed by atoms with E-state index in [4.69, 9.17) is 21.6 Å². The summed E-state index contributed by atoms with van der Waals surface area (Å²) in [7, 11) is 0.